The van der Waals surface area contributed by atoms with Gasteiger partial charge in [0, 0.05) is 52.0 Å². The van der Waals surface area contributed by atoms with E-state index in [1.807, 2.05) is 21.4 Å². The number of aliphatic hydroxyl groups is 1. The fourth-order valence-electron chi connectivity index (χ4n) is 3.77. The molecule has 1 N–H and O–H groups in total. The fourth-order valence-corrected chi connectivity index (χ4v) is 3.77. The maximum Gasteiger partial charge on any atom is 0.224 e. The molecule has 2 fully saturated rings. The van der Waals surface area contributed by atoms with Gasteiger partial charge < -0.3 is 19.5 Å². The van der Waals surface area contributed by atoms with E-state index in [-0.39, 0.29) is 24.3 Å². The van der Waals surface area contributed by atoms with Crippen molar-refractivity contribution in [3.05, 3.63) is 11.6 Å². The molecule has 0 radical (unpaired) electrons. The van der Waals surface area contributed by atoms with Gasteiger partial charge in [-0.25, -0.2) is 0 Å². The summed E-state index contributed by atoms with van der Waals surface area (Å²) in [5.41, 5.74) is 0. The molecule has 2 aliphatic heterocycles. The number of aromatic nitrogens is 3. The topological polar surface area (TPSA) is 91.6 Å². The minimum Gasteiger partial charge on any atom is -0.388 e. The second-order valence-corrected chi connectivity index (χ2v) is 6.96. The van der Waals surface area contributed by atoms with Gasteiger partial charge in [0.15, 0.2) is 5.82 Å². The summed E-state index contributed by atoms with van der Waals surface area (Å²) in [6.45, 7) is 2.55. The summed E-state index contributed by atoms with van der Waals surface area (Å²) in [7, 11) is 1.85. The molecule has 3 rings (SSSR count). The fraction of sp³-hybridized carbons (Fsp3) is 0.765. The van der Waals surface area contributed by atoms with E-state index in [4.69, 9.17) is 0 Å². The smallest absolute Gasteiger partial charge is 0.224 e. The molecular formula is C17H27N5O3. The summed E-state index contributed by atoms with van der Waals surface area (Å²) in [5, 5.41) is 17.5. The van der Waals surface area contributed by atoms with E-state index in [2.05, 4.69) is 10.2 Å². The summed E-state index contributed by atoms with van der Waals surface area (Å²) in [6.07, 6.45) is 4.89. The van der Waals surface area contributed by atoms with E-state index >= 15 is 0 Å². The lowest BCUT2D eigenvalue weighted by atomic mass is 9.97. The van der Waals surface area contributed by atoms with Gasteiger partial charge in [-0.05, 0) is 25.7 Å². The molecule has 0 aromatic carbocycles. The normalized spacial score (nSPS) is 21.7. The molecule has 2 aliphatic rings. The van der Waals surface area contributed by atoms with E-state index in [9.17, 15) is 14.7 Å². The number of likely N-dealkylation sites (tertiary alicyclic amines) is 2. The molecule has 0 saturated carbocycles. The first-order valence-corrected chi connectivity index (χ1v) is 9.14. The van der Waals surface area contributed by atoms with Gasteiger partial charge in [-0.2, -0.15) is 0 Å². The number of nitrogens with zero attached hydrogens (tertiary/aromatic N) is 5. The van der Waals surface area contributed by atoms with Crippen LogP contribution in [0.25, 0.3) is 0 Å². The number of amides is 2. The standard InChI is InChI=1S/C17H27N5O3/c1-20-14(12-23)18-19-17(20)13-5-4-9-22(11-13)16(25)7-10-21-8-3-2-6-15(21)24/h13,23H,2-12H2,1H3/t13-/m0/s1. The van der Waals surface area contributed by atoms with Crippen LogP contribution in [0.4, 0.5) is 0 Å². The number of hydrogen-bond donors (Lipinski definition) is 1. The zero-order valence-electron chi connectivity index (χ0n) is 14.9. The van der Waals surface area contributed by atoms with Gasteiger partial charge in [0.05, 0.1) is 0 Å². The summed E-state index contributed by atoms with van der Waals surface area (Å²) in [5.74, 6) is 1.79. The summed E-state index contributed by atoms with van der Waals surface area (Å²) in [4.78, 5) is 28.1. The van der Waals surface area contributed by atoms with E-state index in [1.165, 1.54) is 0 Å². The van der Waals surface area contributed by atoms with Crippen LogP contribution in [-0.4, -0.2) is 67.7 Å². The van der Waals surface area contributed by atoms with Gasteiger partial charge in [0.2, 0.25) is 11.8 Å². The zero-order chi connectivity index (χ0) is 17.8. The van der Waals surface area contributed by atoms with Crippen molar-refractivity contribution in [1.29, 1.82) is 0 Å². The number of piperidine rings is 2. The van der Waals surface area contributed by atoms with E-state index < -0.39 is 0 Å². The van der Waals surface area contributed by atoms with E-state index in [0.29, 0.717) is 31.8 Å². The molecule has 1 aromatic rings. The Hall–Kier alpha value is -1.96. The van der Waals surface area contributed by atoms with Crippen molar-refractivity contribution in [3.8, 4) is 0 Å². The molecule has 1 aromatic heterocycles. The van der Waals surface area contributed by atoms with Gasteiger partial charge in [0.25, 0.3) is 0 Å². The Balaban J connectivity index is 1.56. The third kappa shape index (κ3) is 4.00. The Morgan fingerprint density at radius 3 is 2.80 bits per heavy atom. The van der Waals surface area contributed by atoms with Crippen molar-refractivity contribution < 1.29 is 14.7 Å². The van der Waals surface area contributed by atoms with Gasteiger partial charge >= 0.3 is 0 Å². The highest BCUT2D eigenvalue weighted by molar-refractivity contribution is 5.79. The van der Waals surface area contributed by atoms with Gasteiger partial charge in [-0.15, -0.1) is 10.2 Å². The highest BCUT2D eigenvalue weighted by atomic mass is 16.3. The van der Waals surface area contributed by atoms with Crippen molar-refractivity contribution in [2.24, 2.45) is 7.05 Å². The lowest BCUT2D eigenvalue weighted by Crippen LogP contribution is -2.42. The molecule has 0 bridgehead atoms. The van der Waals surface area contributed by atoms with Crippen LogP contribution >= 0.6 is 0 Å². The molecule has 0 spiro atoms. The van der Waals surface area contributed by atoms with Crippen LogP contribution in [0.5, 0.6) is 0 Å². The SMILES string of the molecule is Cn1c(CO)nnc1[C@H]1CCCN(C(=O)CCN2CCCCC2=O)C1. The van der Waals surface area contributed by atoms with Crippen molar-refractivity contribution >= 4 is 11.8 Å². The largest absolute Gasteiger partial charge is 0.388 e. The Labute approximate surface area is 147 Å². The van der Waals surface area contributed by atoms with Gasteiger partial charge in [-0.1, -0.05) is 0 Å². The van der Waals surface area contributed by atoms with Crippen LogP contribution in [0, 0.1) is 0 Å². The molecule has 0 aliphatic carbocycles. The molecule has 0 unspecified atom stereocenters. The first-order chi connectivity index (χ1) is 12.1. The third-order valence-electron chi connectivity index (χ3n) is 5.30. The highest BCUT2D eigenvalue weighted by Crippen LogP contribution is 2.26. The van der Waals surface area contributed by atoms with Crippen molar-refractivity contribution in [2.75, 3.05) is 26.2 Å². The average molecular weight is 349 g/mol. The molecule has 8 nitrogen and oxygen atoms in total. The summed E-state index contributed by atoms with van der Waals surface area (Å²) in [6, 6.07) is 0. The number of carbonyl (C=O) groups excluding carboxylic acids is 2. The van der Waals surface area contributed by atoms with Crippen molar-refractivity contribution in [2.45, 2.75) is 51.0 Å². The Bertz CT molecular complexity index is 630. The number of rotatable bonds is 5. The predicted molar refractivity (Wildman–Crippen MR) is 90.5 cm³/mol. The van der Waals surface area contributed by atoms with Crippen LogP contribution in [0.15, 0.2) is 0 Å². The first kappa shape index (κ1) is 17.8. The minimum absolute atomic E-state index is 0.104. The molecule has 3 heterocycles. The quantitative estimate of drug-likeness (QED) is 0.832. The van der Waals surface area contributed by atoms with E-state index in [1.54, 1.807) is 0 Å². The molecule has 1 atom stereocenters. The Kier molecular flexibility index (Phi) is 5.67. The van der Waals surface area contributed by atoms with E-state index in [0.717, 1.165) is 44.6 Å². The summed E-state index contributed by atoms with van der Waals surface area (Å²) < 4.78 is 1.82. The molecule has 2 saturated heterocycles. The van der Waals surface area contributed by atoms with Crippen LogP contribution < -0.4 is 0 Å². The van der Waals surface area contributed by atoms with Gasteiger partial charge in [-0.3, -0.25) is 9.59 Å². The van der Waals surface area contributed by atoms with Crippen LogP contribution in [0.3, 0.4) is 0 Å². The number of hydrogen-bond acceptors (Lipinski definition) is 5. The summed E-state index contributed by atoms with van der Waals surface area (Å²) >= 11 is 0. The molecule has 138 valence electrons. The maximum absolute atomic E-state index is 12.6. The van der Waals surface area contributed by atoms with Gasteiger partial charge in [0.1, 0.15) is 12.4 Å². The third-order valence-corrected chi connectivity index (χ3v) is 5.30. The van der Waals surface area contributed by atoms with Crippen molar-refractivity contribution in [3.63, 3.8) is 0 Å². The average Bonchev–Trinajstić information content (AvgIpc) is 3.01. The van der Waals surface area contributed by atoms with Crippen LogP contribution in [-0.2, 0) is 23.2 Å². The lowest BCUT2D eigenvalue weighted by molar-refractivity contribution is -0.136. The maximum atomic E-state index is 12.6. The second-order valence-electron chi connectivity index (χ2n) is 6.96. The lowest BCUT2D eigenvalue weighted by Gasteiger charge is -2.33. The highest BCUT2D eigenvalue weighted by Gasteiger charge is 2.28. The van der Waals surface area contributed by atoms with Crippen LogP contribution in [0.2, 0.25) is 0 Å². The zero-order valence-corrected chi connectivity index (χ0v) is 14.9. The predicted octanol–water partition coefficient (Wildman–Crippen LogP) is 0.416. The number of aliphatic hydroxyl groups excluding tert-OH is 1. The number of carbonyl (C=O) groups is 2. The molecule has 2 amide bonds. The first-order valence-electron chi connectivity index (χ1n) is 9.14. The Morgan fingerprint density at radius 2 is 2.08 bits per heavy atom. The Morgan fingerprint density at radius 1 is 1.24 bits per heavy atom. The second kappa shape index (κ2) is 7.95. The molecular weight excluding hydrogens is 322 g/mol. The van der Waals surface area contributed by atoms with Crippen LogP contribution in [0.1, 0.15) is 56.1 Å². The molecule has 8 heteroatoms. The monoisotopic (exact) mass is 349 g/mol. The minimum atomic E-state index is -0.136. The van der Waals surface area contributed by atoms with Crippen molar-refractivity contribution in [1.82, 2.24) is 24.6 Å². The molecule has 25 heavy (non-hydrogen) atoms.